The molecule has 1 heterocycles. The van der Waals surface area contributed by atoms with Crippen LogP contribution in [0.15, 0.2) is 36.7 Å². The zero-order valence-corrected chi connectivity index (χ0v) is 12.7. The summed E-state index contributed by atoms with van der Waals surface area (Å²) in [7, 11) is 0. The molecule has 0 aliphatic heterocycles. The molecule has 0 bridgehead atoms. The summed E-state index contributed by atoms with van der Waals surface area (Å²) in [6, 6.07) is 7.05. The Morgan fingerprint density at radius 2 is 2.05 bits per heavy atom. The highest BCUT2D eigenvalue weighted by Crippen LogP contribution is 2.16. The van der Waals surface area contributed by atoms with E-state index in [1.165, 1.54) is 6.20 Å². The van der Waals surface area contributed by atoms with Crippen LogP contribution in [0.2, 0.25) is 5.02 Å². The van der Waals surface area contributed by atoms with Gasteiger partial charge in [0, 0.05) is 11.2 Å². The molecular weight excluding hydrogens is 308 g/mol. The topological polar surface area (TPSA) is 81.4 Å². The van der Waals surface area contributed by atoms with Crippen molar-refractivity contribution < 1.29 is 19.4 Å². The van der Waals surface area contributed by atoms with Crippen LogP contribution < -0.4 is 0 Å². The molecule has 116 valence electrons. The first-order valence-electron chi connectivity index (χ1n) is 6.70. The minimum absolute atomic E-state index is 0.0295. The molecule has 2 rings (SSSR count). The number of hydrogen-bond donors (Lipinski definition) is 1. The number of nitrogens with zero attached hydrogens (tertiary/aromatic N) is 2. The highest BCUT2D eigenvalue weighted by molar-refractivity contribution is 6.30. The Balaban J connectivity index is 2.15. The van der Waals surface area contributed by atoms with Gasteiger partial charge < -0.3 is 9.84 Å². The highest BCUT2D eigenvalue weighted by Gasteiger charge is 2.28. The summed E-state index contributed by atoms with van der Waals surface area (Å²) in [4.78, 5) is 22.9. The molecule has 1 atom stereocenters. The lowest BCUT2D eigenvalue weighted by molar-refractivity contribution is -0.158. The highest BCUT2D eigenvalue weighted by atomic mass is 35.5. The number of carbonyl (C=O) groups excluding carboxylic acids is 1. The summed E-state index contributed by atoms with van der Waals surface area (Å²) in [5.74, 6) is -3.19. The molecule has 6 nitrogen and oxygen atoms in total. The van der Waals surface area contributed by atoms with E-state index in [4.69, 9.17) is 21.4 Å². The molecule has 1 aromatic carbocycles. The SMILES string of the molecule is CCOC(=O)C(Cc1cnn(-c2ccc(Cl)cc2)c1)C(=O)O. The first kappa shape index (κ1) is 16.0. The zero-order chi connectivity index (χ0) is 16.1. The van der Waals surface area contributed by atoms with Crippen LogP contribution in [0.1, 0.15) is 12.5 Å². The Morgan fingerprint density at radius 1 is 1.36 bits per heavy atom. The molecule has 7 heteroatoms. The van der Waals surface area contributed by atoms with Gasteiger partial charge in [-0.25, -0.2) is 4.68 Å². The van der Waals surface area contributed by atoms with E-state index in [1.807, 2.05) is 0 Å². The lowest BCUT2D eigenvalue weighted by atomic mass is 10.0. The van der Waals surface area contributed by atoms with Gasteiger partial charge in [0.1, 0.15) is 0 Å². The van der Waals surface area contributed by atoms with Gasteiger partial charge in [0.2, 0.25) is 0 Å². The maximum absolute atomic E-state index is 11.7. The number of halogens is 1. The minimum Gasteiger partial charge on any atom is -0.481 e. The lowest BCUT2D eigenvalue weighted by Gasteiger charge is -2.09. The second kappa shape index (κ2) is 7.09. The molecule has 22 heavy (non-hydrogen) atoms. The molecule has 1 unspecified atom stereocenters. The van der Waals surface area contributed by atoms with Crippen molar-refractivity contribution in [2.24, 2.45) is 5.92 Å². The fourth-order valence-electron chi connectivity index (χ4n) is 1.95. The van der Waals surface area contributed by atoms with Crippen LogP contribution in [0.5, 0.6) is 0 Å². The van der Waals surface area contributed by atoms with E-state index in [0.717, 1.165) is 5.69 Å². The summed E-state index contributed by atoms with van der Waals surface area (Å²) in [6.45, 7) is 1.78. The van der Waals surface area contributed by atoms with Crippen LogP contribution >= 0.6 is 11.6 Å². The van der Waals surface area contributed by atoms with Crippen molar-refractivity contribution in [1.29, 1.82) is 0 Å². The van der Waals surface area contributed by atoms with Gasteiger partial charge in [-0.05, 0) is 43.2 Å². The quantitative estimate of drug-likeness (QED) is 0.652. The van der Waals surface area contributed by atoms with Gasteiger partial charge in [-0.15, -0.1) is 0 Å². The standard InChI is InChI=1S/C15H15ClN2O4/c1-2-22-15(21)13(14(19)20)7-10-8-17-18(9-10)12-5-3-11(16)4-6-12/h3-6,8-9,13H,2,7H2,1H3,(H,19,20). The van der Waals surface area contributed by atoms with Crippen LogP contribution in [-0.2, 0) is 20.7 Å². The smallest absolute Gasteiger partial charge is 0.320 e. The third-order valence-electron chi connectivity index (χ3n) is 3.04. The van der Waals surface area contributed by atoms with Crippen molar-refractivity contribution >= 4 is 23.5 Å². The van der Waals surface area contributed by atoms with E-state index < -0.39 is 17.9 Å². The Morgan fingerprint density at radius 3 is 2.64 bits per heavy atom. The summed E-state index contributed by atoms with van der Waals surface area (Å²) in [6.07, 6.45) is 3.24. The number of esters is 1. The van der Waals surface area contributed by atoms with Crippen molar-refractivity contribution in [2.75, 3.05) is 6.61 Å². The summed E-state index contributed by atoms with van der Waals surface area (Å²) < 4.78 is 6.37. The Hall–Kier alpha value is -2.34. The molecule has 0 saturated carbocycles. The zero-order valence-electron chi connectivity index (χ0n) is 11.9. The molecular formula is C15H15ClN2O4. The van der Waals surface area contributed by atoms with Gasteiger partial charge in [-0.1, -0.05) is 11.6 Å². The normalized spacial score (nSPS) is 11.9. The van der Waals surface area contributed by atoms with E-state index in [2.05, 4.69) is 5.10 Å². The average Bonchev–Trinajstić information content (AvgIpc) is 2.94. The first-order valence-corrected chi connectivity index (χ1v) is 7.08. The first-order chi connectivity index (χ1) is 10.5. The van der Waals surface area contributed by atoms with Crippen molar-refractivity contribution in [3.8, 4) is 5.69 Å². The number of ether oxygens (including phenoxy) is 1. The van der Waals surface area contributed by atoms with Crippen molar-refractivity contribution in [3.63, 3.8) is 0 Å². The van der Waals surface area contributed by atoms with Crippen LogP contribution in [0.3, 0.4) is 0 Å². The van der Waals surface area contributed by atoms with Gasteiger partial charge in [0.15, 0.2) is 5.92 Å². The fraction of sp³-hybridized carbons (Fsp3) is 0.267. The maximum Gasteiger partial charge on any atom is 0.320 e. The minimum atomic E-state index is -1.23. The summed E-state index contributed by atoms with van der Waals surface area (Å²) in [5, 5.41) is 13.9. The van der Waals surface area contributed by atoms with Crippen LogP contribution in [0.4, 0.5) is 0 Å². The monoisotopic (exact) mass is 322 g/mol. The van der Waals surface area contributed by atoms with E-state index >= 15 is 0 Å². The Kier molecular flexibility index (Phi) is 5.16. The number of carbonyl (C=O) groups is 2. The van der Waals surface area contributed by atoms with E-state index in [9.17, 15) is 9.59 Å². The van der Waals surface area contributed by atoms with E-state index in [1.54, 1.807) is 42.1 Å². The molecule has 1 aromatic heterocycles. The molecule has 1 N–H and O–H groups in total. The predicted molar refractivity (Wildman–Crippen MR) is 80.0 cm³/mol. The van der Waals surface area contributed by atoms with E-state index in [0.29, 0.717) is 10.6 Å². The molecule has 0 aliphatic rings. The summed E-state index contributed by atoms with van der Waals surface area (Å²) >= 11 is 5.83. The average molecular weight is 323 g/mol. The van der Waals surface area contributed by atoms with Crippen LogP contribution in [0.25, 0.3) is 5.69 Å². The van der Waals surface area contributed by atoms with Gasteiger partial charge in [0.05, 0.1) is 18.5 Å². The van der Waals surface area contributed by atoms with Gasteiger partial charge >= 0.3 is 11.9 Å². The van der Waals surface area contributed by atoms with Crippen LogP contribution in [-0.4, -0.2) is 33.4 Å². The maximum atomic E-state index is 11.7. The molecule has 2 aromatic rings. The molecule has 0 spiro atoms. The molecule has 0 amide bonds. The van der Waals surface area contributed by atoms with E-state index in [-0.39, 0.29) is 13.0 Å². The third kappa shape index (κ3) is 3.85. The van der Waals surface area contributed by atoms with Crippen molar-refractivity contribution in [3.05, 3.63) is 47.2 Å². The van der Waals surface area contributed by atoms with Gasteiger partial charge in [0.25, 0.3) is 0 Å². The number of carboxylic acids is 1. The summed E-state index contributed by atoms with van der Waals surface area (Å²) in [5.41, 5.74) is 1.43. The van der Waals surface area contributed by atoms with Crippen molar-refractivity contribution in [2.45, 2.75) is 13.3 Å². The second-order valence-corrected chi connectivity index (χ2v) is 5.05. The Bertz CT molecular complexity index is 666. The van der Waals surface area contributed by atoms with Gasteiger partial charge in [-0.3, -0.25) is 9.59 Å². The van der Waals surface area contributed by atoms with Crippen molar-refractivity contribution in [1.82, 2.24) is 9.78 Å². The number of aromatic nitrogens is 2. The predicted octanol–water partition coefficient (Wildman–Crippen LogP) is 2.33. The molecule has 0 radical (unpaired) electrons. The molecule has 0 aliphatic carbocycles. The molecule has 0 fully saturated rings. The number of aliphatic carboxylic acids is 1. The lowest BCUT2D eigenvalue weighted by Crippen LogP contribution is -2.27. The van der Waals surface area contributed by atoms with Crippen LogP contribution in [0, 0.1) is 5.92 Å². The third-order valence-corrected chi connectivity index (χ3v) is 3.29. The Labute approximate surface area is 132 Å². The van der Waals surface area contributed by atoms with Gasteiger partial charge in [-0.2, -0.15) is 5.10 Å². The number of rotatable bonds is 6. The second-order valence-electron chi connectivity index (χ2n) is 4.62. The number of hydrogen-bond acceptors (Lipinski definition) is 4. The largest absolute Gasteiger partial charge is 0.481 e. The fourth-order valence-corrected chi connectivity index (χ4v) is 2.08. The number of carboxylic acid groups (broad SMARTS) is 1. The molecule has 0 saturated heterocycles. The number of benzene rings is 1.